The van der Waals surface area contributed by atoms with Gasteiger partial charge in [0.1, 0.15) is 11.7 Å². The van der Waals surface area contributed by atoms with Gasteiger partial charge in [0.15, 0.2) is 0 Å². The number of carbonyl (C=O) groups is 2. The third kappa shape index (κ3) is 2.51. The van der Waals surface area contributed by atoms with Crippen LogP contribution in [0.1, 0.15) is 62.5 Å². The second-order valence-corrected chi connectivity index (χ2v) is 6.69. The van der Waals surface area contributed by atoms with E-state index in [4.69, 9.17) is 0 Å². The van der Waals surface area contributed by atoms with Crippen LogP contribution >= 0.6 is 0 Å². The minimum Gasteiger partial charge on any atom is -0.480 e. The van der Waals surface area contributed by atoms with Gasteiger partial charge in [-0.1, -0.05) is 12.8 Å². The maximum absolute atomic E-state index is 12.8. The Labute approximate surface area is 130 Å². The van der Waals surface area contributed by atoms with E-state index >= 15 is 0 Å². The molecule has 0 spiro atoms. The highest BCUT2D eigenvalue weighted by atomic mass is 16.4. The van der Waals surface area contributed by atoms with Gasteiger partial charge in [-0.3, -0.25) is 9.48 Å². The smallest absolute Gasteiger partial charge is 0.326 e. The van der Waals surface area contributed by atoms with E-state index in [1.807, 2.05) is 13.8 Å². The second kappa shape index (κ2) is 5.74. The average molecular weight is 305 g/mol. The minimum absolute atomic E-state index is 0.0616. The molecule has 0 radical (unpaired) electrons. The number of carbonyl (C=O) groups excluding carboxylic acids is 1. The molecule has 2 heterocycles. The zero-order valence-electron chi connectivity index (χ0n) is 13.1. The van der Waals surface area contributed by atoms with Crippen LogP contribution in [0.3, 0.4) is 0 Å². The molecule has 0 aromatic carbocycles. The lowest BCUT2D eigenvalue weighted by Crippen LogP contribution is -2.46. The molecule has 3 unspecified atom stereocenters. The number of carboxylic acids is 1. The summed E-state index contributed by atoms with van der Waals surface area (Å²) in [4.78, 5) is 26.0. The topological polar surface area (TPSA) is 75.4 Å². The van der Waals surface area contributed by atoms with Crippen molar-refractivity contribution < 1.29 is 14.7 Å². The second-order valence-electron chi connectivity index (χ2n) is 6.69. The summed E-state index contributed by atoms with van der Waals surface area (Å²) in [6, 6.07) is 1.23. The van der Waals surface area contributed by atoms with Crippen LogP contribution in [0.25, 0.3) is 0 Å². The fraction of sp³-hybridized carbons (Fsp3) is 0.688. The van der Waals surface area contributed by atoms with Crippen LogP contribution in [-0.2, 0) is 4.79 Å². The van der Waals surface area contributed by atoms with Crippen LogP contribution in [0, 0.1) is 5.92 Å². The fourth-order valence-electron chi connectivity index (χ4n) is 3.84. The molecule has 1 aliphatic heterocycles. The van der Waals surface area contributed by atoms with Crippen LogP contribution in [0.2, 0.25) is 0 Å². The lowest BCUT2D eigenvalue weighted by molar-refractivity contribution is -0.141. The number of hydrogen-bond acceptors (Lipinski definition) is 3. The Hall–Kier alpha value is -1.85. The van der Waals surface area contributed by atoms with Crippen LogP contribution in [0.4, 0.5) is 0 Å². The molecular weight excluding hydrogens is 282 g/mol. The third-order valence-corrected chi connectivity index (χ3v) is 4.96. The highest BCUT2D eigenvalue weighted by Gasteiger charge is 2.48. The Morgan fingerprint density at radius 2 is 2.05 bits per heavy atom. The molecule has 1 saturated carbocycles. The normalized spacial score (nSPS) is 28.0. The largest absolute Gasteiger partial charge is 0.480 e. The number of fused-ring (bicyclic) bond motifs is 1. The Morgan fingerprint density at radius 1 is 1.32 bits per heavy atom. The maximum atomic E-state index is 12.8. The summed E-state index contributed by atoms with van der Waals surface area (Å²) in [5.41, 5.74) is 0.353. The van der Waals surface area contributed by atoms with Gasteiger partial charge in [0, 0.05) is 18.3 Å². The van der Waals surface area contributed by atoms with Gasteiger partial charge in [-0.2, -0.15) is 5.10 Å². The molecule has 2 fully saturated rings. The van der Waals surface area contributed by atoms with E-state index < -0.39 is 12.0 Å². The van der Waals surface area contributed by atoms with Crippen molar-refractivity contribution in [1.82, 2.24) is 14.7 Å². The summed E-state index contributed by atoms with van der Waals surface area (Å²) in [5, 5.41) is 13.8. The average Bonchev–Trinajstić information content (AvgIpc) is 3.11. The SMILES string of the molecule is CC(C)n1ccc(C(=O)N2C(C(=O)O)CC3CCCCC32)n1. The third-order valence-electron chi connectivity index (χ3n) is 4.96. The highest BCUT2D eigenvalue weighted by molar-refractivity contribution is 5.95. The molecule has 6 heteroatoms. The van der Waals surface area contributed by atoms with Crippen molar-refractivity contribution in [2.24, 2.45) is 5.92 Å². The summed E-state index contributed by atoms with van der Waals surface area (Å²) in [6.45, 7) is 3.99. The van der Waals surface area contributed by atoms with Crippen LogP contribution in [0.5, 0.6) is 0 Å². The molecule has 0 bridgehead atoms. The molecule has 1 N–H and O–H groups in total. The number of hydrogen-bond donors (Lipinski definition) is 1. The standard InChI is InChI=1S/C16H23N3O3/c1-10(2)18-8-7-12(17-18)15(20)19-13-6-4-3-5-11(13)9-14(19)16(21)22/h7-8,10-11,13-14H,3-6,9H2,1-2H3,(H,21,22). The van der Waals surface area contributed by atoms with E-state index in [-0.39, 0.29) is 18.0 Å². The van der Waals surface area contributed by atoms with Crippen molar-refractivity contribution in [2.45, 2.75) is 64.1 Å². The molecular formula is C16H23N3O3. The predicted octanol–water partition coefficient (Wildman–Crippen LogP) is 2.32. The zero-order chi connectivity index (χ0) is 15.9. The van der Waals surface area contributed by atoms with Crippen molar-refractivity contribution >= 4 is 11.9 Å². The maximum Gasteiger partial charge on any atom is 0.326 e. The summed E-state index contributed by atoms with van der Waals surface area (Å²) < 4.78 is 1.73. The summed E-state index contributed by atoms with van der Waals surface area (Å²) in [7, 11) is 0. The van der Waals surface area contributed by atoms with Crippen molar-refractivity contribution in [3.63, 3.8) is 0 Å². The van der Waals surface area contributed by atoms with E-state index in [2.05, 4.69) is 5.10 Å². The predicted molar refractivity (Wildman–Crippen MR) is 80.6 cm³/mol. The Morgan fingerprint density at radius 3 is 2.68 bits per heavy atom. The van der Waals surface area contributed by atoms with E-state index in [9.17, 15) is 14.7 Å². The van der Waals surface area contributed by atoms with E-state index in [0.29, 0.717) is 18.0 Å². The quantitative estimate of drug-likeness (QED) is 0.930. The highest BCUT2D eigenvalue weighted by Crippen LogP contribution is 2.40. The Kier molecular flexibility index (Phi) is 3.93. The van der Waals surface area contributed by atoms with Gasteiger partial charge < -0.3 is 10.0 Å². The van der Waals surface area contributed by atoms with Gasteiger partial charge in [0.05, 0.1) is 0 Å². The molecule has 1 aromatic rings. The lowest BCUT2D eigenvalue weighted by atomic mass is 9.84. The molecule has 6 nitrogen and oxygen atoms in total. The van der Waals surface area contributed by atoms with Crippen LogP contribution in [-0.4, -0.2) is 43.7 Å². The number of rotatable bonds is 3. The van der Waals surface area contributed by atoms with Crippen molar-refractivity contribution in [2.75, 3.05) is 0 Å². The molecule has 22 heavy (non-hydrogen) atoms. The van der Waals surface area contributed by atoms with Gasteiger partial charge in [-0.05, 0) is 45.1 Å². The first kappa shape index (κ1) is 15.1. The zero-order valence-corrected chi connectivity index (χ0v) is 13.1. The van der Waals surface area contributed by atoms with Crippen molar-refractivity contribution in [1.29, 1.82) is 0 Å². The van der Waals surface area contributed by atoms with Gasteiger partial charge in [0.25, 0.3) is 5.91 Å². The van der Waals surface area contributed by atoms with Crippen LogP contribution < -0.4 is 0 Å². The summed E-state index contributed by atoms with van der Waals surface area (Å²) in [6.07, 6.45) is 6.50. The van der Waals surface area contributed by atoms with E-state index in [1.54, 1.807) is 21.8 Å². The van der Waals surface area contributed by atoms with E-state index in [0.717, 1.165) is 25.7 Å². The molecule has 1 saturated heterocycles. The number of likely N-dealkylation sites (tertiary alicyclic amines) is 1. The first-order valence-corrected chi connectivity index (χ1v) is 8.09. The van der Waals surface area contributed by atoms with Gasteiger partial charge in [0.2, 0.25) is 0 Å². The number of aliphatic carboxylic acids is 1. The molecule has 1 aromatic heterocycles. The molecule has 1 aliphatic carbocycles. The number of carboxylic acid groups (broad SMARTS) is 1. The number of nitrogens with zero attached hydrogens (tertiary/aromatic N) is 3. The Bertz CT molecular complexity index is 581. The summed E-state index contributed by atoms with van der Waals surface area (Å²) in [5.74, 6) is -0.807. The lowest BCUT2D eigenvalue weighted by Gasteiger charge is -2.32. The van der Waals surface area contributed by atoms with Crippen molar-refractivity contribution in [3.8, 4) is 0 Å². The Balaban J connectivity index is 1.88. The molecule has 120 valence electrons. The molecule has 2 aliphatic rings. The van der Waals surface area contributed by atoms with Crippen LogP contribution in [0.15, 0.2) is 12.3 Å². The monoisotopic (exact) mass is 305 g/mol. The fourth-order valence-corrected chi connectivity index (χ4v) is 3.84. The van der Waals surface area contributed by atoms with Crippen molar-refractivity contribution in [3.05, 3.63) is 18.0 Å². The first-order valence-electron chi connectivity index (χ1n) is 8.09. The number of aromatic nitrogens is 2. The molecule has 3 atom stereocenters. The first-order chi connectivity index (χ1) is 10.5. The molecule has 1 amide bonds. The van der Waals surface area contributed by atoms with Gasteiger partial charge >= 0.3 is 5.97 Å². The van der Waals surface area contributed by atoms with Gasteiger partial charge in [-0.25, -0.2) is 4.79 Å². The minimum atomic E-state index is -0.897. The summed E-state index contributed by atoms with van der Waals surface area (Å²) >= 11 is 0. The van der Waals surface area contributed by atoms with E-state index in [1.165, 1.54) is 0 Å². The number of amides is 1. The van der Waals surface area contributed by atoms with Gasteiger partial charge in [-0.15, -0.1) is 0 Å². The molecule has 3 rings (SSSR count).